The van der Waals surface area contributed by atoms with Gasteiger partial charge in [0.15, 0.2) is 17.5 Å². The molecular weight excluding hydrogens is 469 g/mol. The molecule has 2 N–H and O–H groups in total. The standard InChI is InChI=1S/C18H24F2N4O2.HI/c1-4-25-15-7-5-6-14(16(15)26-17(19)20)11-23-18(21-2)22-10-13-8-9-24(3)12-13;/h5-9,12,17H,4,10-11H2,1-3H3,(H2,21,22,23);1H. The number of rotatable bonds is 8. The van der Waals surface area contributed by atoms with Crippen LogP contribution in [0.2, 0.25) is 0 Å². The van der Waals surface area contributed by atoms with Crippen LogP contribution >= 0.6 is 24.0 Å². The van der Waals surface area contributed by atoms with E-state index in [0.29, 0.717) is 30.4 Å². The van der Waals surface area contributed by atoms with Crippen molar-refractivity contribution in [2.24, 2.45) is 12.0 Å². The molecule has 9 heteroatoms. The third-order valence-electron chi connectivity index (χ3n) is 3.59. The summed E-state index contributed by atoms with van der Waals surface area (Å²) in [6, 6.07) is 7.05. The number of hydrogen-bond donors (Lipinski definition) is 2. The lowest BCUT2D eigenvalue weighted by molar-refractivity contribution is -0.0520. The summed E-state index contributed by atoms with van der Waals surface area (Å²) in [5, 5.41) is 6.27. The van der Waals surface area contributed by atoms with Gasteiger partial charge in [-0.1, -0.05) is 12.1 Å². The molecule has 6 nitrogen and oxygen atoms in total. The van der Waals surface area contributed by atoms with Crippen LogP contribution in [0.5, 0.6) is 11.5 Å². The summed E-state index contributed by atoms with van der Waals surface area (Å²) in [6.45, 7) is 0.0754. The normalized spacial score (nSPS) is 11.1. The Bertz CT molecular complexity index is 738. The molecule has 0 fully saturated rings. The Morgan fingerprint density at radius 1 is 1.22 bits per heavy atom. The fourth-order valence-electron chi connectivity index (χ4n) is 2.44. The highest BCUT2D eigenvalue weighted by molar-refractivity contribution is 14.0. The first-order valence-corrected chi connectivity index (χ1v) is 8.28. The second-order valence-corrected chi connectivity index (χ2v) is 5.52. The summed E-state index contributed by atoms with van der Waals surface area (Å²) >= 11 is 0. The number of aryl methyl sites for hydroxylation is 1. The number of alkyl halides is 2. The molecule has 2 rings (SSSR count). The first kappa shape index (κ1) is 23.0. The largest absolute Gasteiger partial charge is 0.490 e. The van der Waals surface area contributed by atoms with E-state index in [-0.39, 0.29) is 36.3 Å². The van der Waals surface area contributed by atoms with E-state index in [1.54, 1.807) is 32.2 Å². The van der Waals surface area contributed by atoms with Crippen LogP contribution in [0.15, 0.2) is 41.7 Å². The van der Waals surface area contributed by atoms with Gasteiger partial charge >= 0.3 is 6.61 Å². The molecule has 0 atom stereocenters. The molecular formula is C18H25F2IN4O2. The van der Waals surface area contributed by atoms with Crippen LogP contribution in [0.3, 0.4) is 0 Å². The zero-order valence-electron chi connectivity index (χ0n) is 15.5. The van der Waals surface area contributed by atoms with Gasteiger partial charge in [-0.05, 0) is 24.6 Å². The van der Waals surface area contributed by atoms with Crippen molar-refractivity contribution in [1.82, 2.24) is 15.2 Å². The Hall–Kier alpha value is -2.04. The molecule has 0 saturated carbocycles. The van der Waals surface area contributed by atoms with Gasteiger partial charge in [-0.2, -0.15) is 8.78 Å². The van der Waals surface area contributed by atoms with E-state index in [2.05, 4.69) is 20.4 Å². The zero-order chi connectivity index (χ0) is 18.9. The van der Waals surface area contributed by atoms with E-state index in [0.717, 1.165) is 5.56 Å². The highest BCUT2D eigenvalue weighted by Crippen LogP contribution is 2.32. The molecule has 0 amide bonds. The number of halogens is 3. The molecule has 0 saturated heterocycles. The second kappa shape index (κ2) is 11.6. The van der Waals surface area contributed by atoms with Crippen LogP contribution in [0, 0.1) is 0 Å². The summed E-state index contributed by atoms with van der Waals surface area (Å²) in [7, 11) is 3.60. The lowest BCUT2D eigenvalue weighted by atomic mass is 10.2. The topological polar surface area (TPSA) is 59.8 Å². The Morgan fingerprint density at radius 3 is 2.56 bits per heavy atom. The van der Waals surface area contributed by atoms with Crippen LogP contribution in [0.25, 0.3) is 0 Å². The van der Waals surface area contributed by atoms with Gasteiger partial charge in [-0.15, -0.1) is 24.0 Å². The number of para-hydroxylation sites is 1. The lowest BCUT2D eigenvalue weighted by Gasteiger charge is -2.17. The van der Waals surface area contributed by atoms with Crippen molar-refractivity contribution in [3.63, 3.8) is 0 Å². The van der Waals surface area contributed by atoms with Gasteiger partial charge in [-0.25, -0.2) is 0 Å². The number of guanidine groups is 1. The molecule has 0 aliphatic heterocycles. The minimum Gasteiger partial charge on any atom is -0.490 e. The van der Waals surface area contributed by atoms with Crippen molar-refractivity contribution in [2.75, 3.05) is 13.7 Å². The third kappa shape index (κ3) is 7.24. The Kier molecular flexibility index (Phi) is 9.90. The summed E-state index contributed by atoms with van der Waals surface area (Å²) < 4.78 is 37.5. The monoisotopic (exact) mass is 494 g/mol. The average Bonchev–Trinajstić information content (AvgIpc) is 3.02. The van der Waals surface area contributed by atoms with Crippen molar-refractivity contribution < 1.29 is 18.3 Å². The number of aliphatic imine (C=N–C) groups is 1. The predicted molar refractivity (Wildman–Crippen MR) is 112 cm³/mol. The maximum atomic E-state index is 12.8. The van der Waals surface area contributed by atoms with Gasteiger partial charge in [0.2, 0.25) is 0 Å². The summed E-state index contributed by atoms with van der Waals surface area (Å²) in [5.41, 5.74) is 1.66. The minimum absolute atomic E-state index is 0. The number of hydrogen-bond acceptors (Lipinski definition) is 3. The van der Waals surface area contributed by atoms with Crippen molar-refractivity contribution >= 4 is 29.9 Å². The van der Waals surface area contributed by atoms with Crippen LogP contribution in [-0.4, -0.2) is 30.8 Å². The maximum absolute atomic E-state index is 12.8. The first-order valence-electron chi connectivity index (χ1n) is 8.28. The molecule has 0 aliphatic rings. The molecule has 1 heterocycles. The van der Waals surface area contributed by atoms with E-state index in [1.807, 2.05) is 30.1 Å². The summed E-state index contributed by atoms with van der Waals surface area (Å²) in [4.78, 5) is 4.14. The highest BCUT2D eigenvalue weighted by atomic mass is 127. The van der Waals surface area contributed by atoms with Gasteiger partial charge in [0.05, 0.1) is 6.61 Å². The third-order valence-corrected chi connectivity index (χ3v) is 3.59. The predicted octanol–water partition coefficient (Wildman–Crippen LogP) is 3.51. The number of aromatic nitrogens is 1. The van der Waals surface area contributed by atoms with Gasteiger partial charge < -0.3 is 24.7 Å². The SMILES string of the molecule is CCOc1cccc(CNC(=NC)NCc2ccn(C)c2)c1OC(F)F.I. The van der Waals surface area contributed by atoms with E-state index in [4.69, 9.17) is 4.74 Å². The highest BCUT2D eigenvalue weighted by Gasteiger charge is 2.16. The van der Waals surface area contributed by atoms with Gasteiger partial charge in [0.25, 0.3) is 0 Å². The van der Waals surface area contributed by atoms with Crippen LogP contribution in [0.4, 0.5) is 8.78 Å². The lowest BCUT2D eigenvalue weighted by Crippen LogP contribution is -2.36. The molecule has 27 heavy (non-hydrogen) atoms. The molecule has 2 aromatic rings. The Labute approximate surface area is 175 Å². The molecule has 0 spiro atoms. The van der Waals surface area contributed by atoms with Crippen molar-refractivity contribution in [3.05, 3.63) is 47.8 Å². The Balaban J connectivity index is 0.00000364. The number of benzene rings is 1. The molecule has 0 unspecified atom stereocenters. The smallest absolute Gasteiger partial charge is 0.387 e. The number of nitrogens with zero attached hydrogens (tertiary/aromatic N) is 2. The van der Waals surface area contributed by atoms with Gasteiger partial charge in [0, 0.05) is 45.1 Å². The number of nitrogens with one attached hydrogen (secondary N) is 2. The average molecular weight is 494 g/mol. The van der Waals surface area contributed by atoms with Gasteiger partial charge in [0.1, 0.15) is 0 Å². The molecule has 0 bridgehead atoms. The van der Waals surface area contributed by atoms with Crippen molar-refractivity contribution in [2.45, 2.75) is 26.6 Å². The Morgan fingerprint density at radius 2 is 1.96 bits per heavy atom. The first-order chi connectivity index (χ1) is 12.5. The maximum Gasteiger partial charge on any atom is 0.387 e. The fourth-order valence-corrected chi connectivity index (χ4v) is 2.44. The molecule has 1 aromatic heterocycles. The summed E-state index contributed by atoms with van der Waals surface area (Å²) in [6.07, 6.45) is 3.96. The molecule has 150 valence electrons. The van der Waals surface area contributed by atoms with Crippen LogP contribution in [-0.2, 0) is 20.1 Å². The van der Waals surface area contributed by atoms with E-state index in [9.17, 15) is 8.78 Å². The molecule has 0 radical (unpaired) electrons. The van der Waals surface area contributed by atoms with Crippen molar-refractivity contribution in [3.8, 4) is 11.5 Å². The van der Waals surface area contributed by atoms with E-state index >= 15 is 0 Å². The van der Waals surface area contributed by atoms with Crippen LogP contribution < -0.4 is 20.1 Å². The molecule has 1 aromatic carbocycles. The van der Waals surface area contributed by atoms with Crippen molar-refractivity contribution in [1.29, 1.82) is 0 Å². The van der Waals surface area contributed by atoms with E-state index in [1.165, 1.54) is 0 Å². The molecule has 0 aliphatic carbocycles. The fraction of sp³-hybridized carbons (Fsp3) is 0.389. The quantitative estimate of drug-likeness (QED) is 0.335. The van der Waals surface area contributed by atoms with E-state index < -0.39 is 6.61 Å². The van der Waals surface area contributed by atoms with Gasteiger partial charge in [-0.3, -0.25) is 4.99 Å². The second-order valence-electron chi connectivity index (χ2n) is 5.52. The minimum atomic E-state index is -2.93. The van der Waals surface area contributed by atoms with Crippen LogP contribution in [0.1, 0.15) is 18.1 Å². The zero-order valence-corrected chi connectivity index (χ0v) is 17.9. The number of ether oxygens (including phenoxy) is 2. The summed E-state index contributed by atoms with van der Waals surface area (Å²) in [5.74, 6) is 0.883.